The number of aromatic nitrogens is 2. The summed E-state index contributed by atoms with van der Waals surface area (Å²) < 4.78 is 1.75. The van der Waals surface area contributed by atoms with Gasteiger partial charge >= 0.3 is 0 Å². The molecule has 1 saturated heterocycles. The van der Waals surface area contributed by atoms with E-state index in [1.54, 1.807) is 10.7 Å². The number of hydrogen-bond acceptors (Lipinski definition) is 3. The van der Waals surface area contributed by atoms with Crippen LogP contribution >= 0.6 is 0 Å². The lowest BCUT2D eigenvalue weighted by Crippen LogP contribution is -2.59. The standard InChI is InChI=1S/C14H18N4O/c1-2-6-17(11-8-15-9-11)14(19)12-10-16-18-7-4-3-5-13(12)18/h3-5,7,10-11,15H,2,6,8-9H2,1H3. The highest BCUT2D eigenvalue weighted by Crippen LogP contribution is 2.16. The molecule has 3 heterocycles. The highest BCUT2D eigenvalue weighted by atomic mass is 16.2. The number of carbonyl (C=O) groups is 1. The number of carbonyl (C=O) groups excluding carboxylic acids is 1. The maximum Gasteiger partial charge on any atom is 0.258 e. The smallest absolute Gasteiger partial charge is 0.258 e. The van der Waals surface area contributed by atoms with Gasteiger partial charge in [-0.3, -0.25) is 4.79 Å². The molecule has 2 aromatic heterocycles. The third-order valence-electron chi connectivity index (χ3n) is 3.58. The van der Waals surface area contributed by atoms with Crippen LogP contribution in [0.3, 0.4) is 0 Å². The van der Waals surface area contributed by atoms with Crippen molar-refractivity contribution < 1.29 is 4.79 Å². The molecule has 1 amide bonds. The minimum Gasteiger partial charge on any atom is -0.333 e. The first-order valence-electron chi connectivity index (χ1n) is 6.75. The van der Waals surface area contributed by atoms with Gasteiger partial charge in [-0.2, -0.15) is 5.10 Å². The third kappa shape index (κ3) is 2.10. The second-order valence-corrected chi connectivity index (χ2v) is 4.90. The van der Waals surface area contributed by atoms with Crippen LogP contribution in [0.15, 0.2) is 30.6 Å². The first-order valence-corrected chi connectivity index (χ1v) is 6.75. The number of pyridine rings is 1. The predicted molar refractivity (Wildman–Crippen MR) is 73.2 cm³/mol. The summed E-state index contributed by atoms with van der Waals surface area (Å²) in [5.41, 5.74) is 1.57. The van der Waals surface area contributed by atoms with E-state index in [9.17, 15) is 4.79 Å². The summed E-state index contributed by atoms with van der Waals surface area (Å²) in [4.78, 5) is 14.7. The molecular weight excluding hydrogens is 240 g/mol. The van der Waals surface area contributed by atoms with Crippen molar-refractivity contribution in [3.63, 3.8) is 0 Å². The van der Waals surface area contributed by atoms with E-state index in [1.165, 1.54) is 0 Å². The fraction of sp³-hybridized carbons (Fsp3) is 0.429. The van der Waals surface area contributed by atoms with Crippen LogP contribution < -0.4 is 5.32 Å². The van der Waals surface area contributed by atoms with E-state index < -0.39 is 0 Å². The molecule has 100 valence electrons. The molecule has 1 N–H and O–H groups in total. The molecule has 1 aliphatic heterocycles. The van der Waals surface area contributed by atoms with Crippen molar-refractivity contribution in [2.45, 2.75) is 19.4 Å². The van der Waals surface area contributed by atoms with Gasteiger partial charge in [0.25, 0.3) is 5.91 Å². The van der Waals surface area contributed by atoms with Gasteiger partial charge in [0.1, 0.15) is 0 Å². The summed E-state index contributed by atoms with van der Waals surface area (Å²) in [6.45, 7) is 4.69. The summed E-state index contributed by atoms with van der Waals surface area (Å²) in [5, 5.41) is 7.46. The van der Waals surface area contributed by atoms with E-state index in [-0.39, 0.29) is 5.91 Å². The molecule has 2 aromatic rings. The van der Waals surface area contributed by atoms with E-state index in [1.807, 2.05) is 29.3 Å². The molecule has 5 nitrogen and oxygen atoms in total. The van der Waals surface area contributed by atoms with Crippen LogP contribution in [0.2, 0.25) is 0 Å². The zero-order valence-corrected chi connectivity index (χ0v) is 11.0. The molecule has 1 fully saturated rings. The fourth-order valence-electron chi connectivity index (χ4n) is 2.44. The molecule has 0 aromatic carbocycles. The number of hydrogen-bond donors (Lipinski definition) is 1. The van der Waals surface area contributed by atoms with Crippen LogP contribution in [0, 0.1) is 0 Å². The van der Waals surface area contributed by atoms with Crippen molar-refractivity contribution in [2.24, 2.45) is 0 Å². The molecule has 0 atom stereocenters. The Morgan fingerprint density at radius 3 is 3.05 bits per heavy atom. The predicted octanol–water partition coefficient (Wildman–Crippen LogP) is 1.16. The van der Waals surface area contributed by atoms with Gasteiger partial charge in [-0.05, 0) is 18.6 Å². The van der Waals surface area contributed by atoms with Crippen LogP contribution in [-0.2, 0) is 0 Å². The van der Waals surface area contributed by atoms with Gasteiger partial charge in [0.2, 0.25) is 0 Å². The highest BCUT2D eigenvalue weighted by molar-refractivity contribution is 6.00. The van der Waals surface area contributed by atoms with E-state index in [0.29, 0.717) is 11.6 Å². The zero-order chi connectivity index (χ0) is 13.2. The van der Waals surface area contributed by atoms with Crippen molar-refractivity contribution in [3.05, 3.63) is 36.2 Å². The first kappa shape index (κ1) is 12.2. The van der Waals surface area contributed by atoms with Crippen molar-refractivity contribution in [1.29, 1.82) is 0 Å². The molecule has 5 heteroatoms. The van der Waals surface area contributed by atoms with Gasteiger partial charge in [-0.25, -0.2) is 4.52 Å². The monoisotopic (exact) mass is 258 g/mol. The summed E-state index contributed by atoms with van der Waals surface area (Å²) in [6.07, 6.45) is 4.51. The molecule has 1 aliphatic rings. The molecule has 0 radical (unpaired) electrons. The minimum absolute atomic E-state index is 0.0922. The quantitative estimate of drug-likeness (QED) is 0.895. The third-order valence-corrected chi connectivity index (χ3v) is 3.58. The summed E-state index contributed by atoms with van der Waals surface area (Å²) >= 11 is 0. The second-order valence-electron chi connectivity index (χ2n) is 4.90. The van der Waals surface area contributed by atoms with Gasteiger partial charge in [-0.15, -0.1) is 0 Å². The molecule has 0 bridgehead atoms. The molecule has 19 heavy (non-hydrogen) atoms. The first-order chi connectivity index (χ1) is 9.31. The Kier molecular flexibility index (Phi) is 3.21. The van der Waals surface area contributed by atoms with Crippen LogP contribution in [0.4, 0.5) is 0 Å². The maximum absolute atomic E-state index is 12.7. The van der Waals surface area contributed by atoms with Crippen LogP contribution in [-0.4, -0.2) is 46.1 Å². The Morgan fingerprint density at radius 1 is 1.53 bits per heavy atom. The second kappa shape index (κ2) is 5.01. The summed E-state index contributed by atoms with van der Waals surface area (Å²) in [7, 11) is 0. The van der Waals surface area contributed by atoms with Crippen molar-refractivity contribution in [2.75, 3.05) is 19.6 Å². The van der Waals surface area contributed by atoms with E-state index in [0.717, 1.165) is 31.6 Å². The normalized spacial score (nSPS) is 15.4. The molecule has 0 unspecified atom stereocenters. The van der Waals surface area contributed by atoms with Crippen LogP contribution in [0.1, 0.15) is 23.7 Å². The van der Waals surface area contributed by atoms with Gasteiger partial charge in [-0.1, -0.05) is 13.0 Å². The lowest BCUT2D eigenvalue weighted by molar-refractivity contribution is 0.0618. The number of amides is 1. The van der Waals surface area contributed by atoms with Gasteiger partial charge in [0.05, 0.1) is 23.3 Å². The zero-order valence-electron chi connectivity index (χ0n) is 11.0. The van der Waals surface area contributed by atoms with Crippen molar-refractivity contribution in [1.82, 2.24) is 19.8 Å². The van der Waals surface area contributed by atoms with E-state index in [4.69, 9.17) is 0 Å². The summed E-state index contributed by atoms with van der Waals surface area (Å²) in [6, 6.07) is 6.10. The minimum atomic E-state index is 0.0922. The average molecular weight is 258 g/mol. The van der Waals surface area contributed by atoms with E-state index >= 15 is 0 Å². The number of rotatable bonds is 4. The Bertz CT molecular complexity index is 588. The van der Waals surface area contributed by atoms with Gasteiger partial charge in [0, 0.05) is 25.8 Å². The molecular formula is C14H18N4O. The molecule has 0 saturated carbocycles. The largest absolute Gasteiger partial charge is 0.333 e. The van der Waals surface area contributed by atoms with E-state index in [2.05, 4.69) is 17.3 Å². The Morgan fingerprint density at radius 2 is 2.37 bits per heavy atom. The van der Waals surface area contributed by atoms with Crippen LogP contribution in [0.25, 0.3) is 5.52 Å². The topological polar surface area (TPSA) is 49.6 Å². The lowest BCUT2D eigenvalue weighted by Gasteiger charge is -2.38. The SMILES string of the molecule is CCCN(C(=O)c1cnn2ccccc12)C1CNC1. The fourth-order valence-corrected chi connectivity index (χ4v) is 2.44. The van der Waals surface area contributed by atoms with Crippen molar-refractivity contribution >= 4 is 11.4 Å². The molecule has 0 aliphatic carbocycles. The van der Waals surface area contributed by atoms with Crippen LogP contribution in [0.5, 0.6) is 0 Å². The highest BCUT2D eigenvalue weighted by Gasteiger charge is 2.29. The maximum atomic E-state index is 12.7. The average Bonchev–Trinajstić information content (AvgIpc) is 2.79. The molecule has 0 spiro atoms. The Balaban J connectivity index is 1.92. The number of nitrogens with one attached hydrogen (secondary N) is 1. The summed E-state index contributed by atoms with van der Waals surface area (Å²) in [5.74, 6) is 0.0922. The van der Waals surface area contributed by atoms with Gasteiger partial charge in [0.15, 0.2) is 0 Å². The number of nitrogens with zero attached hydrogens (tertiary/aromatic N) is 3. The number of fused-ring (bicyclic) bond motifs is 1. The Hall–Kier alpha value is -1.88. The lowest BCUT2D eigenvalue weighted by atomic mass is 10.1. The van der Waals surface area contributed by atoms with Gasteiger partial charge < -0.3 is 10.2 Å². The van der Waals surface area contributed by atoms with Crippen molar-refractivity contribution in [3.8, 4) is 0 Å². The Labute approximate surface area is 112 Å². The molecule has 3 rings (SSSR count).